The van der Waals surface area contributed by atoms with Crippen LogP contribution in [-0.2, 0) is 11.3 Å². The first kappa shape index (κ1) is 15.1. The second-order valence-corrected chi connectivity index (χ2v) is 4.78. The Morgan fingerprint density at radius 1 is 1.25 bits per heavy atom. The van der Waals surface area contributed by atoms with E-state index in [2.05, 4.69) is 10.1 Å². The molecule has 6 heteroatoms. The van der Waals surface area contributed by atoms with Gasteiger partial charge in [0.05, 0.1) is 6.10 Å². The van der Waals surface area contributed by atoms with Crippen molar-refractivity contribution in [2.24, 2.45) is 0 Å². The Morgan fingerprint density at radius 2 is 2.05 bits per heavy atom. The van der Waals surface area contributed by atoms with E-state index >= 15 is 0 Å². The Bertz CT molecular complexity index is 417. The highest BCUT2D eigenvalue weighted by molar-refractivity contribution is 5.33. The number of ether oxygens (including phenoxy) is 2. The molecule has 0 radical (unpaired) electrons. The third-order valence-electron chi connectivity index (χ3n) is 3.16. The van der Waals surface area contributed by atoms with E-state index in [1.807, 2.05) is 0 Å². The standard InChI is InChI=1S/C14H18F3NO2/c15-14(16,17)20-13-7-2-1-5-11(13)9-18-10-12-6-3-4-8-19-12/h1-2,5,7,12,18H,3-4,6,8-10H2. The van der Waals surface area contributed by atoms with E-state index in [-0.39, 0.29) is 11.9 Å². The minimum atomic E-state index is -4.66. The molecule has 1 aliphatic heterocycles. The molecule has 1 heterocycles. The maximum Gasteiger partial charge on any atom is 0.573 e. The van der Waals surface area contributed by atoms with Gasteiger partial charge >= 0.3 is 6.36 Å². The molecule has 0 bridgehead atoms. The zero-order valence-corrected chi connectivity index (χ0v) is 11.1. The van der Waals surface area contributed by atoms with Gasteiger partial charge in [-0.2, -0.15) is 0 Å². The van der Waals surface area contributed by atoms with Crippen LogP contribution >= 0.6 is 0 Å². The number of hydrogen-bond acceptors (Lipinski definition) is 3. The molecule has 1 aliphatic rings. The number of benzene rings is 1. The van der Waals surface area contributed by atoms with Crippen LogP contribution in [0.15, 0.2) is 24.3 Å². The van der Waals surface area contributed by atoms with Crippen LogP contribution in [0.3, 0.4) is 0 Å². The summed E-state index contributed by atoms with van der Waals surface area (Å²) in [4.78, 5) is 0. The predicted octanol–water partition coefficient (Wildman–Crippen LogP) is 3.24. The van der Waals surface area contributed by atoms with E-state index in [1.165, 1.54) is 12.1 Å². The second-order valence-electron chi connectivity index (χ2n) is 4.78. The molecule has 0 saturated carbocycles. The van der Waals surface area contributed by atoms with E-state index in [9.17, 15) is 13.2 Å². The summed E-state index contributed by atoms with van der Waals surface area (Å²) in [6.07, 6.45) is -1.30. The number of alkyl halides is 3. The molecule has 0 aromatic heterocycles. The average Bonchev–Trinajstić information content (AvgIpc) is 2.40. The monoisotopic (exact) mass is 289 g/mol. The summed E-state index contributed by atoms with van der Waals surface area (Å²) in [7, 11) is 0. The van der Waals surface area contributed by atoms with Crippen molar-refractivity contribution in [3.8, 4) is 5.75 Å². The molecule has 1 aromatic rings. The summed E-state index contributed by atoms with van der Waals surface area (Å²) in [5, 5.41) is 3.13. The maximum absolute atomic E-state index is 12.3. The maximum atomic E-state index is 12.3. The zero-order chi connectivity index (χ0) is 14.4. The first-order valence-electron chi connectivity index (χ1n) is 6.70. The number of para-hydroxylation sites is 1. The Kier molecular flexibility index (Phi) is 5.25. The van der Waals surface area contributed by atoms with Crippen LogP contribution in [-0.4, -0.2) is 25.6 Å². The number of rotatable bonds is 5. The molecule has 1 saturated heterocycles. The summed E-state index contributed by atoms with van der Waals surface area (Å²) in [6, 6.07) is 6.16. The van der Waals surface area contributed by atoms with Crippen LogP contribution in [0, 0.1) is 0 Å². The number of halogens is 3. The van der Waals surface area contributed by atoms with Crippen LogP contribution in [0.2, 0.25) is 0 Å². The van der Waals surface area contributed by atoms with Gasteiger partial charge in [-0.3, -0.25) is 0 Å². The summed E-state index contributed by atoms with van der Waals surface area (Å²) in [6.45, 7) is 1.73. The quantitative estimate of drug-likeness (QED) is 0.902. The van der Waals surface area contributed by atoms with E-state index in [0.29, 0.717) is 18.7 Å². The van der Waals surface area contributed by atoms with Crippen molar-refractivity contribution in [3.63, 3.8) is 0 Å². The Labute approximate surface area is 116 Å². The molecule has 0 spiro atoms. The SMILES string of the molecule is FC(F)(F)Oc1ccccc1CNCC1CCCCO1. The van der Waals surface area contributed by atoms with E-state index in [1.54, 1.807) is 12.1 Å². The van der Waals surface area contributed by atoms with Gasteiger partial charge < -0.3 is 14.8 Å². The lowest BCUT2D eigenvalue weighted by Crippen LogP contribution is -2.31. The van der Waals surface area contributed by atoms with Crippen molar-refractivity contribution >= 4 is 0 Å². The molecule has 1 atom stereocenters. The van der Waals surface area contributed by atoms with Crippen molar-refractivity contribution in [2.45, 2.75) is 38.3 Å². The van der Waals surface area contributed by atoms with Gasteiger partial charge in [-0.15, -0.1) is 13.2 Å². The fraction of sp³-hybridized carbons (Fsp3) is 0.571. The van der Waals surface area contributed by atoms with Gasteiger partial charge in [-0.1, -0.05) is 18.2 Å². The van der Waals surface area contributed by atoms with Crippen LogP contribution in [0.25, 0.3) is 0 Å². The molecular formula is C14H18F3NO2. The molecule has 1 unspecified atom stereocenters. The van der Waals surface area contributed by atoms with Gasteiger partial charge in [-0.25, -0.2) is 0 Å². The van der Waals surface area contributed by atoms with Crippen molar-refractivity contribution in [3.05, 3.63) is 29.8 Å². The highest BCUT2D eigenvalue weighted by Gasteiger charge is 2.31. The zero-order valence-electron chi connectivity index (χ0n) is 11.1. The minimum Gasteiger partial charge on any atom is -0.405 e. The molecule has 112 valence electrons. The van der Waals surface area contributed by atoms with Gasteiger partial charge in [-0.05, 0) is 25.3 Å². The Hall–Kier alpha value is -1.27. The molecule has 20 heavy (non-hydrogen) atoms. The highest BCUT2D eigenvalue weighted by Crippen LogP contribution is 2.26. The summed E-state index contributed by atoms with van der Waals surface area (Å²) < 4.78 is 46.4. The topological polar surface area (TPSA) is 30.5 Å². The molecular weight excluding hydrogens is 271 g/mol. The first-order chi connectivity index (χ1) is 9.54. The first-order valence-corrected chi connectivity index (χ1v) is 6.70. The van der Waals surface area contributed by atoms with Crippen LogP contribution in [0.5, 0.6) is 5.75 Å². The number of hydrogen-bond donors (Lipinski definition) is 1. The third kappa shape index (κ3) is 5.02. The summed E-state index contributed by atoms with van der Waals surface area (Å²) in [5.41, 5.74) is 0.487. The van der Waals surface area contributed by atoms with Gasteiger partial charge in [0, 0.05) is 25.3 Å². The largest absolute Gasteiger partial charge is 0.573 e. The normalized spacial score (nSPS) is 19.9. The lowest BCUT2D eigenvalue weighted by molar-refractivity contribution is -0.274. The molecule has 0 amide bonds. The molecule has 1 fully saturated rings. The van der Waals surface area contributed by atoms with Gasteiger partial charge in [0.25, 0.3) is 0 Å². The van der Waals surface area contributed by atoms with E-state index in [0.717, 1.165) is 25.9 Å². The lowest BCUT2D eigenvalue weighted by atomic mass is 10.1. The van der Waals surface area contributed by atoms with Gasteiger partial charge in [0.2, 0.25) is 0 Å². The Morgan fingerprint density at radius 3 is 2.75 bits per heavy atom. The minimum absolute atomic E-state index is 0.152. The third-order valence-corrected chi connectivity index (χ3v) is 3.16. The molecule has 1 N–H and O–H groups in total. The molecule has 1 aromatic carbocycles. The Balaban J connectivity index is 1.85. The molecule has 3 nitrogen and oxygen atoms in total. The van der Waals surface area contributed by atoms with Gasteiger partial charge in [0.1, 0.15) is 5.75 Å². The van der Waals surface area contributed by atoms with Crippen LogP contribution in [0.4, 0.5) is 13.2 Å². The van der Waals surface area contributed by atoms with Crippen molar-refractivity contribution in [1.82, 2.24) is 5.32 Å². The second kappa shape index (κ2) is 6.95. The molecule has 2 rings (SSSR count). The lowest BCUT2D eigenvalue weighted by Gasteiger charge is -2.23. The van der Waals surface area contributed by atoms with Crippen molar-refractivity contribution in [1.29, 1.82) is 0 Å². The molecule has 0 aliphatic carbocycles. The smallest absolute Gasteiger partial charge is 0.405 e. The van der Waals surface area contributed by atoms with E-state index in [4.69, 9.17) is 4.74 Å². The summed E-state index contributed by atoms with van der Waals surface area (Å²) >= 11 is 0. The van der Waals surface area contributed by atoms with E-state index < -0.39 is 6.36 Å². The van der Waals surface area contributed by atoms with Crippen LogP contribution < -0.4 is 10.1 Å². The van der Waals surface area contributed by atoms with Crippen LogP contribution in [0.1, 0.15) is 24.8 Å². The average molecular weight is 289 g/mol. The highest BCUT2D eigenvalue weighted by atomic mass is 19.4. The van der Waals surface area contributed by atoms with Crippen molar-refractivity contribution < 1.29 is 22.6 Å². The van der Waals surface area contributed by atoms with Crippen molar-refractivity contribution in [2.75, 3.05) is 13.2 Å². The van der Waals surface area contributed by atoms with Gasteiger partial charge in [0.15, 0.2) is 0 Å². The number of nitrogens with one attached hydrogen (secondary N) is 1. The fourth-order valence-corrected chi connectivity index (χ4v) is 2.21. The summed E-state index contributed by atoms with van der Waals surface area (Å²) in [5.74, 6) is -0.155. The predicted molar refractivity (Wildman–Crippen MR) is 68.4 cm³/mol. The fourth-order valence-electron chi connectivity index (χ4n) is 2.21.